The minimum atomic E-state index is -4.34. The number of thiocarbonyl (C=S) groups is 1. The second kappa shape index (κ2) is 10.7. The fourth-order valence-corrected chi connectivity index (χ4v) is 4.48. The van der Waals surface area contributed by atoms with Crippen LogP contribution in [0.15, 0.2) is 47.6 Å². The normalized spacial score (nSPS) is 17.8. The number of alkyl halides is 3. The molecular weight excluding hydrogens is 475 g/mol. The highest BCUT2D eigenvalue weighted by atomic mass is 32.1. The lowest BCUT2D eigenvalue weighted by Gasteiger charge is -2.39. The molecule has 0 aromatic heterocycles. The maximum atomic E-state index is 13.1. The van der Waals surface area contributed by atoms with Crippen LogP contribution in [-0.4, -0.2) is 75.6 Å². The minimum Gasteiger partial charge on any atom is -0.375 e. The van der Waals surface area contributed by atoms with Crippen LogP contribution in [0, 0.1) is 0 Å². The number of nitrogens with zero attached hydrogens (tertiary/aromatic N) is 5. The van der Waals surface area contributed by atoms with Gasteiger partial charge in [-0.3, -0.25) is 5.43 Å². The third kappa shape index (κ3) is 6.34. The number of likely N-dealkylation sites (N-methyl/N-ethyl adjacent to an activating group) is 1. The molecule has 7 nitrogen and oxygen atoms in total. The number of rotatable bonds is 5. The molecule has 2 aliphatic rings. The van der Waals surface area contributed by atoms with E-state index in [0.29, 0.717) is 18.8 Å². The van der Waals surface area contributed by atoms with Gasteiger partial charge in [-0.05, 0) is 55.7 Å². The lowest BCUT2D eigenvalue weighted by molar-refractivity contribution is -0.137. The second-order valence-corrected chi connectivity index (χ2v) is 9.23. The summed E-state index contributed by atoms with van der Waals surface area (Å²) in [6.07, 6.45) is -2.62. The van der Waals surface area contributed by atoms with E-state index in [2.05, 4.69) is 44.4 Å². The molecule has 0 radical (unpaired) electrons. The molecule has 0 atom stereocenters. The van der Waals surface area contributed by atoms with E-state index in [0.717, 1.165) is 62.3 Å². The standard InChI is InChI=1S/C24H30F3N7S/c1-31-7-9-34(10-8-31)22-16-21(6-5-18(22)17-29-30-23(28)35)33-13-11-32(12-14-33)20-4-2-3-19(15-20)24(25,26)27/h2-6,15-17H,7-14H2,1H3,(H3,28,30,35). The number of nitrogens with two attached hydrogens (primary N) is 1. The largest absolute Gasteiger partial charge is 0.416 e. The van der Waals surface area contributed by atoms with Crippen molar-refractivity contribution in [3.8, 4) is 0 Å². The van der Waals surface area contributed by atoms with Crippen LogP contribution in [-0.2, 0) is 6.18 Å². The highest BCUT2D eigenvalue weighted by molar-refractivity contribution is 7.80. The molecule has 0 aliphatic carbocycles. The molecule has 2 aromatic rings. The van der Waals surface area contributed by atoms with E-state index >= 15 is 0 Å². The first kappa shape index (κ1) is 25.1. The molecule has 2 heterocycles. The van der Waals surface area contributed by atoms with Gasteiger partial charge in [0.15, 0.2) is 5.11 Å². The van der Waals surface area contributed by atoms with E-state index in [1.807, 2.05) is 11.0 Å². The molecule has 0 amide bonds. The lowest BCUT2D eigenvalue weighted by atomic mass is 10.1. The van der Waals surface area contributed by atoms with Crippen LogP contribution < -0.4 is 25.9 Å². The molecule has 4 rings (SSSR count). The van der Waals surface area contributed by atoms with Gasteiger partial charge in [0.05, 0.1) is 11.8 Å². The maximum absolute atomic E-state index is 13.1. The average Bonchev–Trinajstić information content (AvgIpc) is 2.84. The van der Waals surface area contributed by atoms with E-state index in [-0.39, 0.29) is 5.11 Å². The Bertz CT molecular complexity index is 1060. The summed E-state index contributed by atoms with van der Waals surface area (Å²) in [7, 11) is 2.12. The zero-order valence-corrected chi connectivity index (χ0v) is 20.4. The number of hydrogen-bond donors (Lipinski definition) is 2. The first-order valence-corrected chi connectivity index (χ1v) is 11.9. The number of nitrogens with one attached hydrogen (secondary N) is 1. The van der Waals surface area contributed by atoms with Gasteiger partial charge in [0, 0.05) is 75.0 Å². The Labute approximate surface area is 209 Å². The smallest absolute Gasteiger partial charge is 0.375 e. The molecule has 2 saturated heterocycles. The summed E-state index contributed by atoms with van der Waals surface area (Å²) in [5.74, 6) is 0. The monoisotopic (exact) mass is 505 g/mol. The molecule has 0 bridgehead atoms. The SMILES string of the molecule is CN1CCN(c2cc(N3CCN(c4cccc(C(F)(F)F)c4)CC3)ccc2C=NNC(N)=S)CC1. The molecule has 2 fully saturated rings. The van der Waals surface area contributed by atoms with Crippen molar-refractivity contribution in [2.75, 3.05) is 74.1 Å². The average molecular weight is 506 g/mol. The predicted molar refractivity (Wildman–Crippen MR) is 140 cm³/mol. The molecule has 188 valence electrons. The van der Waals surface area contributed by atoms with Gasteiger partial charge in [-0.15, -0.1) is 0 Å². The van der Waals surface area contributed by atoms with Crippen LogP contribution >= 0.6 is 12.2 Å². The van der Waals surface area contributed by atoms with E-state index in [1.165, 1.54) is 12.1 Å². The van der Waals surface area contributed by atoms with Crippen molar-refractivity contribution < 1.29 is 13.2 Å². The molecule has 0 unspecified atom stereocenters. The summed E-state index contributed by atoms with van der Waals surface area (Å²) in [4.78, 5) is 8.94. The van der Waals surface area contributed by atoms with Crippen LogP contribution in [0.4, 0.5) is 30.2 Å². The number of anilines is 3. The number of benzene rings is 2. The molecule has 0 saturated carbocycles. The van der Waals surface area contributed by atoms with Crippen LogP contribution in [0.25, 0.3) is 0 Å². The molecule has 11 heteroatoms. The summed E-state index contributed by atoms with van der Waals surface area (Å²) in [5.41, 5.74) is 11.2. The van der Waals surface area contributed by atoms with Gasteiger partial charge in [0.1, 0.15) is 0 Å². The van der Waals surface area contributed by atoms with Crippen molar-refractivity contribution in [3.63, 3.8) is 0 Å². The second-order valence-electron chi connectivity index (χ2n) is 8.79. The first-order valence-electron chi connectivity index (χ1n) is 11.5. The lowest BCUT2D eigenvalue weighted by Crippen LogP contribution is -2.47. The first-order chi connectivity index (χ1) is 16.7. The Morgan fingerprint density at radius 1 is 0.914 bits per heavy atom. The maximum Gasteiger partial charge on any atom is 0.416 e. The minimum absolute atomic E-state index is 0.109. The Kier molecular flexibility index (Phi) is 7.66. The summed E-state index contributed by atoms with van der Waals surface area (Å²) >= 11 is 4.83. The molecule has 3 N–H and O–H groups in total. The van der Waals surface area contributed by atoms with Crippen LogP contribution in [0.1, 0.15) is 11.1 Å². The van der Waals surface area contributed by atoms with Crippen molar-refractivity contribution in [2.24, 2.45) is 10.8 Å². The predicted octanol–water partition coefficient (Wildman–Crippen LogP) is 2.95. The Morgan fingerprint density at radius 2 is 1.51 bits per heavy atom. The van der Waals surface area contributed by atoms with Gasteiger partial charge in [0.25, 0.3) is 0 Å². The Morgan fingerprint density at radius 3 is 2.11 bits per heavy atom. The highest BCUT2D eigenvalue weighted by Crippen LogP contribution is 2.33. The van der Waals surface area contributed by atoms with Crippen molar-refractivity contribution >= 4 is 40.6 Å². The third-order valence-electron chi connectivity index (χ3n) is 6.42. The molecule has 2 aromatic carbocycles. The number of halogens is 3. The van der Waals surface area contributed by atoms with Crippen LogP contribution in [0.5, 0.6) is 0 Å². The third-order valence-corrected chi connectivity index (χ3v) is 6.51. The van der Waals surface area contributed by atoms with Crippen molar-refractivity contribution in [2.45, 2.75) is 6.18 Å². The highest BCUT2D eigenvalue weighted by Gasteiger charge is 2.31. The van der Waals surface area contributed by atoms with Gasteiger partial charge in [-0.25, -0.2) is 0 Å². The Balaban J connectivity index is 1.49. The number of piperazine rings is 2. The molecular formula is C24H30F3N7S. The van der Waals surface area contributed by atoms with Gasteiger partial charge >= 0.3 is 6.18 Å². The van der Waals surface area contributed by atoms with Crippen molar-refractivity contribution in [1.82, 2.24) is 10.3 Å². The van der Waals surface area contributed by atoms with E-state index < -0.39 is 11.7 Å². The summed E-state index contributed by atoms with van der Waals surface area (Å²) in [6.45, 7) is 6.49. The van der Waals surface area contributed by atoms with Crippen LogP contribution in [0.2, 0.25) is 0 Å². The van der Waals surface area contributed by atoms with Gasteiger partial charge in [-0.1, -0.05) is 6.07 Å². The van der Waals surface area contributed by atoms with Gasteiger partial charge in [0.2, 0.25) is 0 Å². The number of hydrogen-bond acceptors (Lipinski definition) is 6. The molecule has 35 heavy (non-hydrogen) atoms. The van der Waals surface area contributed by atoms with E-state index in [9.17, 15) is 13.2 Å². The number of hydrazone groups is 1. The Hall–Kier alpha value is -3.05. The van der Waals surface area contributed by atoms with E-state index in [4.69, 9.17) is 18.0 Å². The summed E-state index contributed by atoms with van der Waals surface area (Å²) in [6, 6.07) is 11.8. The van der Waals surface area contributed by atoms with E-state index in [1.54, 1.807) is 12.3 Å². The fraction of sp³-hybridized carbons (Fsp3) is 0.417. The summed E-state index contributed by atoms with van der Waals surface area (Å²) in [5, 5.41) is 4.25. The zero-order chi connectivity index (χ0) is 25.0. The van der Waals surface area contributed by atoms with Crippen LogP contribution in [0.3, 0.4) is 0 Å². The topological polar surface area (TPSA) is 63.4 Å². The summed E-state index contributed by atoms with van der Waals surface area (Å²) < 4.78 is 39.4. The quantitative estimate of drug-likeness (QED) is 0.368. The van der Waals surface area contributed by atoms with Crippen molar-refractivity contribution in [3.05, 3.63) is 53.6 Å². The fourth-order valence-electron chi connectivity index (χ4n) is 4.43. The van der Waals surface area contributed by atoms with Gasteiger partial charge in [-0.2, -0.15) is 18.3 Å². The van der Waals surface area contributed by atoms with Crippen molar-refractivity contribution in [1.29, 1.82) is 0 Å². The van der Waals surface area contributed by atoms with Gasteiger partial charge < -0.3 is 25.3 Å². The molecule has 0 spiro atoms. The molecule has 2 aliphatic heterocycles. The zero-order valence-electron chi connectivity index (χ0n) is 19.6.